The molecule has 31 heavy (non-hydrogen) atoms. The minimum Gasteiger partial charge on any atom is -0.396 e. The fraction of sp³-hybridized carbons (Fsp3) is 1.00. The van der Waals surface area contributed by atoms with Crippen molar-refractivity contribution in [1.29, 1.82) is 0 Å². The van der Waals surface area contributed by atoms with Gasteiger partial charge in [-0.1, -0.05) is 96.8 Å². The standard InChI is InChI=1S/C24H51O6P/c1-2-3-4-5-6-7-8-9-11-14-17-24(19-21-25,20-22-26)18-15-12-10-13-16-23-30-31(27,28)29/h25-26H,2-23H2,1H3,(H2,27,28,29). The molecule has 0 aliphatic carbocycles. The van der Waals surface area contributed by atoms with E-state index in [0.717, 1.165) is 51.4 Å². The molecular formula is C24H51O6P. The molecule has 6 nitrogen and oxygen atoms in total. The SMILES string of the molecule is CCCCCCCCCCCCC(CCO)(CCO)CCCCCCCOP(=O)(O)O. The Bertz CT molecular complexity index is 420. The molecule has 188 valence electrons. The van der Waals surface area contributed by atoms with E-state index in [0.29, 0.717) is 6.42 Å². The van der Waals surface area contributed by atoms with Crippen molar-refractivity contribution in [3.8, 4) is 0 Å². The maximum Gasteiger partial charge on any atom is 0.469 e. The van der Waals surface area contributed by atoms with E-state index < -0.39 is 7.82 Å². The van der Waals surface area contributed by atoms with E-state index in [2.05, 4.69) is 11.4 Å². The Labute approximate surface area is 191 Å². The van der Waals surface area contributed by atoms with Crippen LogP contribution in [0.1, 0.15) is 129 Å². The van der Waals surface area contributed by atoms with Crippen LogP contribution < -0.4 is 0 Å². The smallest absolute Gasteiger partial charge is 0.396 e. The van der Waals surface area contributed by atoms with Gasteiger partial charge in [0.05, 0.1) is 6.61 Å². The van der Waals surface area contributed by atoms with Crippen LogP contribution in [0.3, 0.4) is 0 Å². The highest BCUT2D eigenvalue weighted by molar-refractivity contribution is 7.46. The lowest BCUT2D eigenvalue weighted by Gasteiger charge is -2.33. The molecule has 0 rings (SSSR count). The van der Waals surface area contributed by atoms with Crippen LogP contribution in [0.25, 0.3) is 0 Å². The summed E-state index contributed by atoms with van der Waals surface area (Å²) in [5.74, 6) is 0. The molecule has 0 amide bonds. The first-order valence-corrected chi connectivity index (χ1v) is 14.3. The number of unbranched alkanes of at least 4 members (excludes halogenated alkanes) is 13. The predicted octanol–water partition coefficient (Wildman–Crippen LogP) is 6.50. The van der Waals surface area contributed by atoms with Crippen molar-refractivity contribution in [2.75, 3.05) is 19.8 Å². The second-order valence-electron chi connectivity index (χ2n) is 9.22. The molecule has 0 aliphatic heterocycles. The van der Waals surface area contributed by atoms with Gasteiger partial charge in [-0.15, -0.1) is 0 Å². The summed E-state index contributed by atoms with van der Waals surface area (Å²) in [6.07, 6.45) is 21.5. The third-order valence-electron chi connectivity index (χ3n) is 6.46. The van der Waals surface area contributed by atoms with Crippen molar-refractivity contribution >= 4 is 7.82 Å². The van der Waals surface area contributed by atoms with Gasteiger partial charge in [-0.3, -0.25) is 4.52 Å². The Morgan fingerprint density at radius 1 is 0.613 bits per heavy atom. The number of phosphoric ester groups is 1. The van der Waals surface area contributed by atoms with Crippen LogP contribution in [0.5, 0.6) is 0 Å². The number of aliphatic hydroxyl groups is 2. The van der Waals surface area contributed by atoms with Crippen molar-refractivity contribution in [3.63, 3.8) is 0 Å². The molecule has 0 fully saturated rings. The highest BCUT2D eigenvalue weighted by Crippen LogP contribution is 2.39. The number of phosphoric acid groups is 1. The number of aliphatic hydroxyl groups excluding tert-OH is 2. The van der Waals surface area contributed by atoms with Gasteiger partial charge in [-0.2, -0.15) is 0 Å². The van der Waals surface area contributed by atoms with E-state index >= 15 is 0 Å². The lowest BCUT2D eigenvalue weighted by molar-refractivity contribution is 0.108. The van der Waals surface area contributed by atoms with Crippen LogP contribution in [-0.4, -0.2) is 39.8 Å². The molecule has 0 aromatic carbocycles. The van der Waals surface area contributed by atoms with E-state index in [-0.39, 0.29) is 25.2 Å². The van der Waals surface area contributed by atoms with Gasteiger partial charge < -0.3 is 20.0 Å². The highest BCUT2D eigenvalue weighted by atomic mass is 31.2. The number of rotatable bonds is 24. The Balaban J connectivity index is 4.00. The maximum atomic E-state index is 10.6. The fourth-order valence-corrected chi connectivity index (χ4v) is 4.89. The minimum atomic E-state index is -4.34. The third-order valence-corrected chi connectivity index (χ3v) is 6.97. The van der Waals surface area contributed by atoms with Gasteiger partial charge in [-0.25, -0.2) is 4.57 Å². The van der Waals surface area contributed by atoms with Crippen molar-refractivity contribution in [2.24, 2.45) is 5.41 Å². The lowest BCUT2D eigenvalue weighted by Crippen LogP contribution is -2.24. The summed E-state index contributed by atoms with van der Waals surface area (Å²) in [6, 6.07) is 0. The molecule has 0 aliphatic rings. The van der Waals surface area contributed by atoms with E-state index in [1.807, 2.05) is 0 Å². The van der Waals surface area contributed by atoms with Crippen LogP contribution in [-0.2, 0) is 9.09 Å². The van der Waals surface area contributed by atoms with Crippen LogP contribution in [0.15, 0.2) is 0 Å². The van der Waals surface area contributed by atoms with Crippen molar-refractivity contribution in [2.45, 2.75) is 129 Å². The van der Waals surface area contributed by atoms with Crippen molar-refractivity contribution in [3.05, 3.63) is 0 Å². The molecule has 0 saturated heterocycles. The highest BCUT2D eigenvalue weighted by Gasteiger charge is 2.28. The summed E-state index contributed by atoms with van der Waals surface area (Å²) in [5.41, 5.74) is 0.0488. The second-order valence-corrected chi connectivity index (χ2v) is 10.5. The summed E-state index contributed by atoms with van der Waals surface area (Å²) in [6.45, 7) is 2.71. The lowest BCUT2D eigenvalue weighted by atomic mass is 9.73. The van der Waals surface area contributed by atoms with Gasteiger partial charge in [0, 0.05) is 13.2 Å². The molecule has 0 heterocycles. The first kappa shape index (κ1) is 31.0. The predicted molar refractivity (Wildman–Crippen MR) is 128 cm³/mol. The zero-order valence-electron chi connectivity index (χ0n) is 20.1. The Morgan fingerprint density at radius 3 is 1.39 bits per heavy atom. The van der Waals surface area contributed by atoms with E-state index in [1.54, 1.807) is 0 Å². The average Bonchev–Trinajstić information content (AvgIpc) is 2.71. The summed E-state index contributed by atoms with van der Waals surface area (Å²) >= 11 is 0. The first-order valence-electron chi connectivity index (χ1n) is 12.8. The molecular weight excluding hydrogens is 415 g/mol. The van der Waals surface area contributed by atoms with Gasteiger partial charge in [0.25, 0.3) is 0 Å². The van der Waals surface area contributed by atoms with Crippen molar-refractivity contribution < 1.29 is 29.1 Å². The van der Waals surface area contributed by atoms with Crippen molar-refractivity contribution in [1.82, 2.24) is 0 Å². The minimum absolute atomic E-state index is 0.0488. The molecule has 0 unspecified atom stereocenters. The van der Waals surface area contributed by atoms with Gasteiger partial charge >= 0.3 is 7.82 Å². The average molecular weight is 467 g/mol. The van der Waals surface area contributed by atoms with Gasteiger partial charge in [0.1, 0.15) is 0 Å². The van der Waals surface area contributed by atoms with Gasteiger partial charge in [-0.05, 0) is 37.5 Å². The summed E-state index contributed by atoms with van der Waals surface area (Å²) in [5, 5.41) is 19.2. The third kappa shape index (κ3) is 20.4. The van der Waals surface area contributed by atoms with Gasteiger partial charge in [0.2, 0.25) is 0 Å². The second kappa shape index (κ2) is 20.6. The van der Waals surface area contributed by atoms with Gasteiger partial charge in [0.15, 0.2) is 0 Å². The zero-order chi connectivity index (χ0) is 23.3. The summed E-state index contributed by atoms with van der Waals surface area (Å²) in [7, 11) is -4.34. The largest absolute Gasteiger partial charge is 0.469 e. The van der Waals surface area contributed by atoms with Crippen LogP contribution >= 0.6 is 7.82 Å². The van der Waals surface area contributed by atoms with Crippen LogP contribution in [0, 0.1) is 5.41 Å². The molecule has 0 aromatic heterocycles. The number of hydrogen-bond donors (Lipinski definition) is 4. The first-order chi connectivity index (χ1) is 14.9. The van der Waals surface area contributed by atoms with E-state index in [1.165, 1.54) is 64.2 Å². The molecule has 4 N–H and O–H groups in total. The molecule has 0 atom stereocenters. The fourth-order valence-electron chi connectivity index (χ4n) is 4.53. The van der Waals surface area contributed by atoms with Crippen LogP contribution in [0.4, 0.5) is 0 Å². The maximum absolute atomic E-state index is 10.6. The molecule has 0 bridgehead atoms. The normalized spacial score (nSPS) is 12.5. The van der Waals surface area contributed by atoms with Crippen LogP contribution in [0.2, 0.25) is 0 Å². The monoisotopic (exact) mass is 466 g/mol. The Kier molecular flexibility index (Phi) is 20.6. The zero-order valence-corrected chi connectivity index (χ0v) is 21.0. The van der Waals surface area contributed by atoms with E-state index in [9.17, 15) is 14.8 Å². The summed E-state index contributed by atoms with van der Waals surface area (Å²) < 4.78 is 15.1. The molecule has 7 heteroatoms. The topological polar surface area (TPSA) is 107 Å². The molecule has 0 radical (unpaired) electrons. The Hall–Kier alpha value is 0.0300. The molecule has 0 saturated carbocycles. The van der Waals surface area contributed by atoms with E-state index in [4.69, 9.17) is 9.79 Å². The number of hydrogen-bond acceptors (Lipinski definition) is 4. The summed E-state index contributed by atoms with van der Waals surface area (Å²) in [4.78, 5) is 17.3. The quantitative estimate of drug-likeness (QED) is 0.0955. The molecule has 0 aromatic rings. The Morgan fingerprint density at radius 2 is 1.00 bits per heavy atom. The molecule has 0 spiro atoms.